The molecule has 3 N–H and O–H groups in total. The van der Waals surface area contributed by atoms with Crippen molar-refractivity contribution in [3.05, 3.63) is 51.9 Å². The van der Waals surface area contributed by atoms with Gasteiger partial charge >= 0.3 is 0 Å². The summed E-state index contributed by atoms with van der Waals surface area (Å²) in [6, 6.07) is 9.86. The number of hydrogen-bond acceptors (Lipinski definition) is 5. The Kier molecular flexibility index (Phi) is 10.4. The molecular weight excluding hydrogens is 454 g/mol. The van der Waals surface area contributed by atoms with Gasteiger partial charge in [-0.05, 0) is 42.8 Å². The summed E-state index contributed by atoms with van der Waals surface area (Å²) in [7, 11) is -2.14. The van der Waals surface area contributed by atoms with Crippen molar-refractivity contribution in [1.82, 2.24) is 9.62 Å². The highest BCUT2D eigenvalue weighted by molar-refractivity contribution is 7.91. The second kappa shape index (κ2) is 12.6. The van der Waals surface area contributed by atoms with Gasteiger partial charge in [0.15, 0.2) is 0 Å². The number of nitrogens with one attached hydrogen (secondary N) is 1. The van der Waals surface area contributed by atoms with Gasteiger partial charge in [0.25, 0.3) is 15.9 Å². The van der Waals surface area contributed by atoms with Crippen LogP contribution in [0.3, 0.4) is 0 Å². The minimum absolute atomic E-state index is 0.226. The molecule has 0 aliphatic heterocycles. The largest absolute Gasteiger partial charge is 0.347 e. The van der Waals surface area contributed by atoms with Crippen LogP contribution < -0.4 is 11.1 Å². The van der Waals surface area contributed by atoms with Crippen LogP contribution in [-0.2, 0) is 16.6 Å². The van der Waals surface area contributed by atoms with Gasteiger partial charge in [-0.15, -0.1) is 11.3 Å². The molecule has 0 fully saturated rings. The van der Waals surface area contributed by atoms with Crippen molar-refractivity contribution in [2.24, 2.45) is 5.73 Å². The normalized spacial score (nSPS) is 12.8. The molecule has 31 heavy (non-hydrogen) atoms. The van der Waals surface area contributed by atoms with Crippen molar-refractivity contribution in [2.75, 3.05) is 7.05 Å². The van der Waals surface area contributed by atoms with E-state index < -0.39 is 16.2 Å². The maximum Gasteiger partial charge on any atom is 0.253 e. The predicted molar refractivity (Wildman–Crippen MR) is 128 cm³/mol. The highest BCUT2D eigenvalue weighted by Crippen LogP contribution is 2.26. The van der Waals surface area contributed by atoms with E-state index in [0.29, 0.717) is 17.0 Å². The fourth-order valence-corrected chi connectivity index (χ4v) is 5.98. The minimum atomic E-state index is -3.66. The van der Waals surface area contributed by atoms with E-state index in [1.807, 2.05) is 0 Å². The summed E-state index contributed by atoms with van der Waals surface area (Å²) in [6.07, 6.45) is 6.88. The van der Waals surface area contributed by atoms with Gasteiger partial charge in [0.05, 0.1) is 12.7 Å². The zero-order valence-corrected chi connectivity index (χ0v) is 20.5. The maximum absolute atomic E-state index is 12.9. The number of unbranched alkanes of at least 4 members (excludes halogenated alkanes) is 5. The van der Waals surface area contributed by atoms with Crippen LogP contribution in [0, 0.1) is 0 Å². The van der Waals surface area contributed by atoms with Crippen LogP contribution in [0.4, 0.5) is 0 Å². The van der Waals surface area contributed by atoms with Crippen LogP contribution >= 0.6 is 22.9 Å². The molecule has 1 unspecified atom stereocenters. The highest BCUT2D eigenvalue weighted by atomic mass is 35.5. The third-order valence-corrected chi connectivity index (χ3v) is 8.81. The third-order valence-electron chi connectivity index (χ3n) is 5.12. The average molecular weight is 486 g/mol. The maximum atomic E-state index is 12.9. The second-order valence-corrected chi connectivity index (χ2v) is 11.4. The Bertz CT molecular complexity index is 930. The Balaban J connectivity index is 1.87. The summed E-state index contributed by atoms with van der Waals surface area (Å²) in [4.78, 5) is 13.0. The molecule has 0 radical (unpaired) electrons. The van der Waals surface area contributed by atoms with Crippen molar-refractivity contribution >= 4 is 38.9 Å². The van der Waals surface area contributed by atoms with E-state index in [1.165, 1.54) is 30.6 Å². The van der Waals surface area contributed by atoms with E-state index in [2.05, 4.69) is 12.2 Å². The van der Waals surface area contributed by atoms with Crippen LogP contribution in [0.1, 0.15) is 67.1 Å². The zero-order chi connectivity index (χ0) is 22.9. The van der Waals surface area contributed by atoms with Crippen LogP contribution in [-0.4, -0.2) is 31.8 Å². The van der Waals surface area contributed by atoms with Crippen LogP contribution in [0.2, 0.25) is 5.02 Å². The quantitative estimate of drug-likeness (QED) is 0.309. The molecule has 1 amide bonds. The molecule has 0 saturated heterocycles. The molecule has 2 rings (SSSR count). The smallest absolute Gasteiger partial charge is 0.253 e. The molecule has 172 valence electrons. The number of nitrogens with zero attached hydrogens (tertiary/aromatic N) is 1. The summed E-state index contributed by atoms with van der Waals surface area (Å²) in [5.41, 5.74) is 6.64. The van der Waals surface area contributed by atoms with Crippen LogP contribution in [0.5, 0.6) is 0 Å². The number of halogens is 1. The Hall–Kier alpha value is -1.45. The molecule has 9 heteroatoms. The van der Waals surface area contributed by atoms with E-state index in [0.717, 1.165) is 35.5 Å². The molecule has 2 aromatic rings. The Morgan fingerprint density at radius 2 is 1.74 bits per heavy atom. The van der Waals surface area contributed by atoms with Crippen LogP contribution in [0.15, 0.2) is 40.6 Å². The first-order valence-corrected chi connectivity index (χ1v) is 13.2. The number of thiophene rings is 1. The first-order valence-electron chi connectivity index (χ1n) is 10.6. The summed E-state index contributed by atoms with van der Waals surface area (Å²) >= 11 is 6.98. The van der Waals surface area contributed by atoms with Crippen molar-refractivity contribution in [1.29, 1.82) is 0 Å². The number of hydrogen-bond donors (Lipinski definition) is 2. The van der Waals surface area contributed by atoms with Crippen molar-refractivity contribution in [3.63, 3.8) is 0 Å². The lowest BCUT2D eigenvalue weighted by molar-refractivity contribution is 0.0951. The summed E-state index contributed by atoms with van der Waals surface area (Å²) in [6.45, 7) is 2.43. The molecule has 0 aliphatic carbocycles. The third kappa shape index (κ3) is 7.88. The molecule has 6 nitrogen and oxygen atoms in total. The SMILES string of the molecule is CCCCCCCCC(N)N(C)S(=O)(=O)c1ccc(CNC(=O)c2ccc(Cl)cc2)s1. The number of benzene rings is 1. The summed E-state index contributed by atoms with van der Waals surface area (Å²) in [5, 5.41) is 3.35. The first kappa shape index (κ1) is 25.8. The average Bonchev–Trinajstić information content (AvgIpc) is 3.24. The number of amides is 1. The van der Waals surface area contributed by atoms with Crippen LogP contribution in [0.25, 0.3) is 0 Å². The van der Waals surface area contributed by atoms with E-state index in [1.54, 1.807) is 36.4 Å². The van der Waals surface area contributed by atoms with Gasteiger partial charge in [-0.25, -0.2) is 8.42 Å². The molecule has 0 aliphatic rings. The molecule has 0 saturated carbocycles. The van der Waals surface area contributed by atoms with Gasteiger partial charge < -0.3 is 11.1 Å². The predicted octanol–water partition coefficient (Wildman–Crippen LogP) is 4.99. The molecular formula is C22H32ClN3O3S2. The van der Waals surface area contributed by atoms with E-state index in [4.69, 9.17) is 17.3 Å². The van der Waals surface area contributed by atoms with E-state index in [9.17, 15) is 13.2 Å². The molecule has 1 aromatic heterocycles. The number of carbonyl (C=O) groups excluding carboxylic acids is 1. The van der Waals surface area contributed by atoms with Crippen molar-refractivity contribution in [2.45, 2.75) is 68.8 Å². The Morgan fingerprint density at radius 1 is 1.10 bits per heavy atom. The second-order valence-electron chi connectivity index (χ2n) is 7.56. The summed E-state index contributed by atoms with van der Waals surface area (Å²) in [5.74, 6) is -0.243. The van der Waals surface area contributed by atoms with Gasteiger partial charge in [-0.1, -0.05) is 57.0 Å². The standard InChI is InChI=1S/C22H32ClN3O3S2/c1-3-4-5-6-7-8-9-20(24)26(2)31(28,29)21-15-14-19(30-21)16-25-22(27)17-10-12-18(23)13-11-17/h10-15,20H,3-9,16,24H2,1-2H3,(H,25,27). The lowest BCUT2D eigenvalue weighted by Gasteiger charge is -2.23. The van der Waals surface area contributed by atoms with E-state index >= 15 is 0 Å². The monoisotopic (exact) mass is 485 g/mol. The van der Waals surface area contributed by atoms with E-state index in [-0.39, 0.29) is 16.7 Å². The molecule has 1 atom stereocenters. The van der Waals surface area contributed by atoms with Gasteiger partial charge in [0.1, 0.15) is 4.21 Å². The topological polar surface area (TPSA) is 92.5 Å². The molecule has 0 spiro atoms. The molecule has 1 aromatic carbocycles. The van der Waals surface area contributed by atoms with Gasteiger partial charge in [0.2, 0.25) is 0 Å². The Morgan fingerprint density at radius 3 is 2.42 bits per heavy atom. The van der Waals surface area contributed by atoms with Gasteiger partial charge in [0, 0.05) is 22.5 Å². The zero-order valence-electron chi connectivity index (χ0n) is 18.1. The summed E-state index contributed by atoms with van der Waals surface area (Å²) < 4.78 is 27.3. The Labute approximate surface area is 194 Å². The van der Waals surface area contributed by atoms with Crippen molar-refractivity contribution < 1.29 is 13.2 Å². The number of sulfonamides is 1. The molecule has 0 bridgehead atoms. The van der Waals surface area contributed by atoms with Gasteiger partial charge in [-0.3, -0.25) is 4.79 Å². The van der Waals surface area contributed by atoms with Gasteiger partial charge in [-0.2, -0.15) is 4.31 Å². The first-order chi connectivity index (χ1) is 14.8. The van der Waals surface area contributed by atoms with Crippen molar-refractivity contribution in [3.8, 4) is 0 Å². The highest BCUT2D eigenvalue weighted by Gasteiger charge is 2.27. The lowest BCUT2D eigenvalue weighted by Crippen LogP contribution is -2.42. The number of carbonyl (C=O) groups is 1. The molecule has 1 heterocycles. The lowest BCUT2D eigenvalue weighted by atomic mass is 10.1. The fourth-order valence-electron chi connectivity index (χ4n) is 3.10. The number of nitrogens with two attached hydrogens (primary N) is 1. The number of rotatable bonds is 13. The minimum Gasteiger partial charge on any atom is -0.347 e. The fraction of sp³-hybridized carbons (Fsp3) is 0.500.